The highest BCUT2D eigenvalue weighted by Gasteiger charge is 2.52. The molecule has 0 bridgehead atoms. The predicted molar refractivity (Wildman–Crippen MR) is 173 cm³/mol. The summed E-state index contributed by atoms with van der Waals surface area (Å²) in [4.78, 5) is 23.4. The van der Waals surface area contributed by atoms with Crippen LogP contribution in [0, 0.1) is 24.5 Å². The van der Waals surface area contributed by atoms with Crippen molar-refractivity contribution in [2.45, 2.75) is 81.6 Å². The Bertz CT molecular complexity index is 1630. The minimum absolute atomic E-state index is 0.0780. The Kier molecular flexibility index (Phi) is 8.25. The SMILES string of the molecule is Cc1cc2c(cc1Cl)C1(CCN(C(=O)[C@@H]3CN(C4CCOCC4)C[C@H]3c3ccc(F)cc3F)CC1)C[C@@H]2C(C)(C)c1ncnn1C. The lowest BCUT2D eigenvalue weighted by Crippen LogP contribution is -2.48. The number of fused-ring (bicyclic) bond motifs is 2. The number of likely N-dealkylation sites (tertiary alicyclic amines) is 2. The Morgan fingerprint density at radius 3 is 2.48 bits per heavy atom. The number of hydrogen-bond acceptors (Lipinski definition) is 5. The van der Waals surface area contributed by atoms with Crippen molar-refractivity contribution in [3.05, 3.63) is 81.4 Å². The van der Waals surface area contributed by atoms with E-state index in [1.165, 1.54) is 23.3 Å². The molecule has 1 spiro atoms. The number of amides is 1. The van der Waals surface area contributed by atoms with E-state index in [0.717, 1.165) is 54.6 Å². The van der Waals surface area contributed by atoms with Crippen LogP contribution < -0.4 is 0 Å². The van der Waals surface area contributed by atoms with Gasteiger partial charge in [-0.15, -0.1) is 0 Å². The summed E-state index contributed by atoms with van der Waals surface area (Å²) in [7, 11) is 1.95. The van der Waals surface area contributed by atoms with Gasteiger partial charge in [0.15, 0.2) is 0 Å². The molecule has 246 valence electrons. The second kappa shape index (κ2) is 12.0. The number of aromatic nitrogens is 3. The maximum atomic E-state index is 15.2. The Labute approximate surface area is 275 Å². The number of rotatable bonds is 5. The molecule has 0 saturated carbocycles. The molecule has 10 heteroatoms. The maximum Gasteiger partial charge on any atom is 0.227 e. The van der Waals surface area contributed by atoms with Crippen molar-refractivity contribution in [1.29, 1.82) is 0 Å². The van der Waals surface area contributed by atoms with Gasteiger partial charge in [-0.2, -0.15) is 5.10 Å². The molecule has 7 nitrogen and oxygen atoms in total. The predicted octanol–water partition coefficient (Wildman–Crippen LogP) is 6.28. The fourth-order valence-electron chi connectivity index (χ4n) is 9.15. The Balaban J connectivity index is 1.15. The summed E-state index contributed by atoms with van der Waals surface area (Å²) in [6.45, 7) is 10.4. The molecule has 7 rings (SSSR count). The van der Waals surface area contributed by atoms with Crippen LogP contribution >= 0.6 is 11.6 Å². The van der Waals surface area contributed by atoms with Crippen molar-refractivity contribution < 1.29 is 18.3 Å². The van der Waals surface area contributed by atoms with Crippen LogP contribution in [0.2, 0.25) is 5.02 Å². The quantitative estimate of drug-likeness (QED) is 0.325. The molecule has 3 saturated heterocycles. The van der Waals surface area contributed by atoms with E-state index in [2.05, 4.69) is 47.9 Å². The van der Waals surface area contributed by atoms with Gasteiger partial charge in [0.1, 0.15) is 23.8 Å². The first-order chi connectivity index (χ1) is 22.0. The summed E-state index contributed by atoms with van der Waals surface area (Å²) < 4.78 is 36.5. The van der Waals surface area contributed by atoms with E-state index in [0.29, 0.717) is 51.0 Å². The van der Waals surface area contributed by atoms with Crippen LogP contribution in [0.3, 0.4) is 0 Å². The van der Waals surface area contributed by atoms with Crippen molar-refractivity contribution in [3.8, 4) is 0 Å². The highest BCUT2D eigenvalue weighted by molar-refractivity contribution is 6.31. The first-order valence-corrected chi connectivity index (χ1v) is 17.1. The summed E-state index contributed by atoms with van der Waals surface area (Å²) in [5.74, 6) is -0.621. The molecule has 3 aromatic rings. The lowest BCUT2D eigenvalue weighted by Gasteiger charge is -2.42. The number of benzene rings is 2. The summed E-state index contributed by atoms with van der Waals surface area (Å²) in [6.07, 6.45) is 6.05. The lowest BCUT2D eigenvalue weighted by molar-refractivity contribution is -0.137. The largest absolute Gasteiger partial charge is 0.381 e. The Morgan fingerprint density at radius 2 is 1.80 bits per heavy atom. The van der Waals surface area contributed by atoms with Crippen molar-refractivity contribution in [3.63, 3.8) is 0 Å². The second-order valence-electron chi connectivity index (χ2n) is 14.7. The molecule has 3 atom stereocenters. The highest BCUT2D eigenvalue weighted by Crippen LogP contribution is 2.58. The number of hydrogen-bond donors (Lipinski definition) is 0. The minimum Gasteiger partial charge on any atom is -0.381 e. The third kappa shape index (κ3) is 5.36. The highest BCUT2D eigenvalue weighted by atomic mass is 35.5. The molecule has 2 aromatic carbocycles. The van der Waals surface area contributed by atoms with E-state index < -0.39 is 11.6 Å². The number of ether oxygens (including phenoxy) is 1. The first-order valence-electron chi connectivity index (χ1n) is 16.7. The Hall–Kier alpha value is -2.88. The molecule has 1 aliphatic carbocycles. The van der Waals surface area contributed by atoms with E-state index in [9.17, 15) is 9.18 Å². The van der Waals surface area contributed by atoms with E-state index in [1.54, 1.807) is 6.33 Å². The maximum absolute atomic E-state index is 15.2. The standard InChI is InChI=1S/C36H44ClF2N5O2/c1-22-15-26-29(17-31(22)37)36(18-30(26)35(2,3)34-40-21-41-42(34)4)9-11-43(12-10-36)33(45)28-20-44(24-7-13-46-14-8-24)19-27(28)25-6-5-23(38)16-32(25)39/h5-6,15-17,21,24,27-28,30H,7-14,18-20H2,1-4H3/t27-,28+,30-/m0/s1. The average molecular weight is 652 g/mol. The van der Waals surface area contributed by atoms with Gasteiger partial charge in [0.2, 0.25) is 5.91 Å². The molecule has 46 heavy (non-hydrogen) atoms. The number of halogens is 3. The number of nitrogens with zero attached hydrogens (tertiary/aromatic N) is 5. The third-order valence-electron chi connectivity index (χ3n) is 11.8. The van der Waals surface area contributed by atoms with Gasteiger partial charge in [0, 0.05) is 74.9 Å². The average Bonchev–Trinajstić information content (AvgIpc) is 3.75. The van der Waals surface area contributed by atoms with Crippen LogP contribution in [0.15, 0.2) is 36.7 Å². The lowest BCUT2D eigenvalue weighted by atomic mass is 9.69. The molecular weight excluding hydrogens is 608 g/mol. The second-order valence-corrected chi connectivity index (χ2v) is 15.1. The number of carbonyl (C=O) groups is 1. The molecule has 0 radical (unpaired) electrons. The van der Waals surface area contributed by atoms with E-state index >= 15 is 4.39 Å². The summed E-state index contributed by atoms with van der Waals surface area (Å²) in [5, 5.41) is 5.15. The van der Waals surface area contributed by atoms with E-state index in [4.69, 9.17) is 16.3 Å². The van der Waals surface area contributed by atoms with Gasteiger partial charge in [-0.3, -0.25) is 14.4 Å². The number of aryl methyl sites for hydroxylation is 2. The zero-order valence-electron chi connectivity index (χ0n) is 27.2. The molecule has 1 amide bonds. The van der Waals surface area contributed by atoms with Gasteiger partial charge in [-0.1, -0.05) is 37.6 Å². The topological polar surface area (TPSA) is 63.5 Å². The van der Waals surface area contributed by atoms with Crippen molar-refractivity contribution in [2.24, 2.45) is 13.0 Å². The van der Waals surface area contributed by atoms with Crippen LogP contribution in [0.1, 0.15) is 85.9 Å². The van der Waals surface area contributed by atoms with Crippen LogP contribution in [0.5, 0.6) is 0 Å². The number of carbonyl (C=O) groups excluding carboxylic acids is 1. The van der Waals surface area contributed by atoms with Crippen LogP contribution in [0.4, 0.5) is 8.78 Å². The zero-order chi connectivity index (χ0) is 32.4. The van der Waals surface area contributed by atoms with E-state index in [1.807, 2.05) is 16.6 Å². The molecule has 3 fully saturated rings. The molecule has 0 N–H and O–H groups in total. The Morgan fingerprint density at radius 1 is 1.07 bits per heavy atom. The fourth-order valence-corrected chi connectivity index (χ4v) is 9.32. The van der Waals surface area contributed by atoms with Crippen LogP contribution in [0.25, 0.3) is 0 Å². The molecule has 4 aliphatic rings. The van der Waals surface area contributed by atoms with E-state index in [-0.39, 0.29) is 34.5 Å². The van der Waals surface area contributed by atoms with Gasteiger partial charge in [-0.25, -0.2) is 13.8 Å². The van der Waals surface area contributed by atoms with Crippen LogP contribution in [-0.4, -0.2) is 75.9 Å². The third-order valence-corrected chi connectivity index (χ3v) is 12.2. The van der Waals surface area contributed by atoms with Crippen molar-refractivity contribution in [1.82, 2.24) is 24.6 Å². The first kappa shape index (κ1) is 31.7. The minimum atomic E-state index is -0.600. The fraction of sp³-hybridized carbons (Fsp3) is 0.583. The van der Waals surface area contributed by atoms with Gasteiger partial charge in [0.25, 0.3) is 0 Å². The van der Waals surface area contributed by atoms with Crippen LogP contribution in [-0.2, 0) is 27.4 Å². The monoisotopic (exact) mass is 651 g/mol. The molecule has 4 heterocycles. The smallest absolute Gasteiger partial charge is 0.227 e. The summed E-state index contributed by atoms with van der Waals surface area (Å²) in [6, 6.07) is 8.53. The molecule has 1 aromatic heterocycles. The van der Waals surface area contributed by atoms with Gasteiger partial charge >= 0.3 is 0 Å². The van der Waals surface area contributed by atoms with Gasteiger partial charge < -0.3 is 9.64 Å². The van der Waals surface area contributed by atoms with Crippen molar-refractivity contribution in [2.75, 3.05) is 39.4 Å². The summed E-state index contributed by atoms with van der Waals surface area (Å²) >= 11 is 6.76. The normalized spacial score (nSPS) is 25.4. The number of piperidine rings is 1. The molecule has 0 unspecified atom stereocenters. The molecular formula is C36H44ClF2N5O2. The zero-order valence-corrected chi connectivity index (χ0v) is 28.0. The van der Waals surface area contributed by atoms with Gasteiger partial charge in [0.05, 0.1) is 5.92 Å². The summed E-state index contributed by atoms with van der Waals surface area (Å²) in [5.41, 5.74) is 3.76. The van der Waals surface area contributed by atoms with Gasteiger partial charge in [-0.05, 0) is 84.7 Å². The molecule has 3 aliphatic heterocycles. The van der Waals surface area contributed by atoms with Crippen molar-refractivity contribution >= 4 is 17.5 Å².